The maximum Gasteiger partial charge on any atom is 0.00672 e. The molecular formula is C14H27N. The van der Waals surface area contributed by atoms with E-state index < -0.39 is 0 Å². The van der Waals surface area contributed by atoms with Gasteiger partial charge in [-0.1, -0.05) is 26.2 Å². The Hall–Kier alpha value is -0.0400. The molecule has 1 N–H and O–H groups in total. The van der Waals surface area contributed by atoms with Crippen LogP contribution in [-0.2, 0) is 0 Å². The first-order valence-corrected chi connectivity index (χ1v) is 6.99. The van der Waals surface area contributed by atoms with Crippen molar-refractivity contribution in [3.8, 4) is 0 Å². The van der Waals surface area contributed by atoms with E-state index >= 15 is 0 Å². The lowest BCUT2D eigenvalue weighted by molar-refractivity contribution is 0.267. The van der Waals surface area contributed by atoms with Crippen LogP contribution in [0.5, 0.6) is 0 Å². The van der Waals surface area contributed by atoms with Gasteiger partial charge < -0.3 is 5.32 Å². The van der Waals surface area contributed by atoms with Gasteiger partial charge in [-0.3, -0.25) is 0 Å². The zero-order valence-electron chi connectivity index (χ0n) is 10.5. The standard InChI is InChI=1S/C14H27N/c1-3-14(9-10-14)11-15-12(2)13-7-5-4-6-8-13/h12-13,15H,3-11H2,1-2H3. The van der Waals surface area contributed by atoms with Gasteiger partial charge in [-0.2, -0.15) is 0 Å². The summed E-state index contributed by atoms with van der Waals surface area (Å²) in [5.74, 6) is 0.964. The average molecular weight is 209 g/mol. The lowest BCUT2D eigenvalue weighted by atomic mass is 9.84. The van der Waals surface area contributed by atoms with Crippen molar-refractivity contribution >= 4 is 0 Å². The van der Waals surface area contributed by atoms with E-state index in [2.05, 4.69) is 19.2 Å². The Labute approximate surface area is 95.0 Å². The second-order valence-electron chi connectivity index (χ2n) is 5.92. The fraction of sp³-hybridized carbons (Fsp3) is 1.00. The third-order valence-electron chi connectivity index (χ3n) is 4.86. The van der Waals surface area contributed by atoms with Crippen molar-refractivity contribution in [3.05, 3.63) is 0 Å². The first-order chi connectivity index (χ1) is 7.26. The molecule has 0 aromatic heterocycles. The lowest BCUT2D eigenvalue weighted by Crippen LogP contribution is -2.38. The molecule has 2 rings (SSSR count). The van der Waals surface area contributed by atoms with Gasteiger partial charge in [0.25, 0.3) is 0 Å². The van der Waals surface area contributed by atoms with Crippen LogP contribution in [0.25, 0.3) is 0 Å². The van der Waals surface area contributed by atoms with Gasteiger partial charge >= 0.3 is 0 Å². The Balaban J connectivity index is 1.69. The molecule has 1 nitrogen and oxygen atoms in total. The molecule has 1 heteroatoms. The van der Waals surface area contributed by atoms with Crippen LogP contribution in [0.2, 0.25) is 0 Å². The van der Waals surface area contributed by atoms with E-state index in [4.69, 9.17) is 0 Å². The van der Waals surface area contributed by atoms with E-state index in [1.807, 2.05) is 0 Å². The molecule has 0 radical (unpaired) electrons. The zero-order valence-corrected chi connectivity index (χ0v) is 10.5. The summed E-state index contributed by atoms with van der Waals surface area (Å²) in [6.07, 6.45) is 11.6. The van der Waals surface area contributed by atoms with Gasteiger partial charge in [-0.25, -0.2) is 0 Å². The van der Waals surface area contributed by atoms with Gasteiger partial charge in [0.05, 0.1) is 0 Å². The Morgan fingerprint density at radius 1 is 1.20 bits per heavy atom. The molecule has 0 spiro atoms. The van der Waals surface area contributed by atoms with Crippen LogP contribution in [0.4, 0.5) is 0 Å². The first kappa shape index (κ1) is 11.4. The molecule has 15 heavy (non-hydrogen) atoms. The summed E-state index contributed by atoms with van der Waals surface area (Å²) in [7, 11) is 0. The predicted molar refractivity (Wildman–Crippen MR) is 66.0 cm³/mol. The van der Waals surface area contributed by atoms with Crippen molar-refractivity contribution in [1.82, 2.24) is 5.32 Å². The topological polar surface area (TPSA) is 12.0 Å². The molecule has 0 aromatic rings. The molecule has 2 aliphatic carbocycles. The number of hydrogen-bond donors (Lipinski definition) is 1. The number of rotatable bonds is 5. The molecule has 2 fully saturated rings. The predicted octanol–water partition coefficient (Wildman–Crippen LogP) is 3.74. The van der Waals surface area contributed by atoms with Crippen LogP contribution in [0.1, 0.15) is 65.2 Å². The summed E-state index contributed by atoms with van der Waals surface area (Å²) < 4.78 is 0. The van der Waals surface area contributed by atoms with E-state index in [1.54, 1.807) is 0 Å². The van der Waals surface area contributed by atoms with E-state index in [0.717, 1.165) is 12.0 Å². The molecule has 0 bridgehead atoms. The third kappa shape index (κ3) is 2.96. The van der Waals surface area contributed by atoms with Crippen molar-refractivity contribution in [2.75, 3.05) is 6.54 Å². The lowest BCUT2D eigenvalue weighted by Gasteiger charge is -2.29. The van der Waals surface area contributed by atoms with E-state index in [-0.39, 0.29) is 0 Å². The fourth-order valence-electron chi connectivity index (χ4n) is 3.01. The Kier molecular flexibility index (Phi) is 3.71. The number of nitrogens with one attached hydrogen (secondary N) is 1. The van der Waals surface area contributed by atoms with Gasteiger partial charge in [-0.05, 0) is 50.4 Å². The zero-order chi connectivity index (χ0) is 10.7. The largest absolute Gasteiger partial charge is 0.313 e. The van der Waals surface area contributed by atoms with Crippen LogP contribution in [0, 0.1) is 11.3 Å². The van der Waals surface area contributed by atoms with Crippen LogP contribution >= 0.6 is 0 Å². The van der Waals surface area contributed by atoms with Crippen LogP contribution < -0.4 is 5.32 Å². The highest BCUT2D eigenvalue weighted by Gasteiger charge is 2.40. The second kappa shape index (κ2) is 4.86. The van der Waals surface area contributed by atoms with E-state index in [1.165, 1.54) is 57.9 Å². The minimum Gasteiger partial charge on any atom is -0.313 e. The van der Waals surface area contributed by atoms with Crippen LogP contribution in [-0.4, -0.2) is 12.6 Å². The van der Waals surface area contributed by atoms with Gasteiger partial charge in [0, 0.05) is 12.6 Å². The van der Waals surface area contributed by atoms with Crippen LogP contribution in [0.3, 0.4) is 0 Å². The molecule has 0 aliphatic heterocycles. The van der Waals surface area contributed by atoms with Gasteiger partial charge in [0.2, 0.25) is 0 Å². The van der Waals surface area contributed by atoms with Gasteiger partial charge in [0.15, 0.2) is 0 Å². The highest BCUT2D eigenvalue weighted by atomic mass is 14.9. The monoisotopic (exact) mass is 209 g/mol. The number of hydrogen-bond acceptors (Lipinski definition) is 1. The Morgan fingerprint density at radius 3 is 2.40 bits per heavy atom. The van der Waals surface area contributed by atoms with E-state index in [9.17, 15) is 0 Å². The smallest absolute Gasteiger partial charge is 0.00672 e. The maximum atomic E-state index is 3.81. The summed E-state index contributed by atoms with van der Waals surface area (Å²) in [4.78, 5) is 0. The summed E-state index contributed by atoms with van der Waals surface area (Å²) in [6.45, 7) is 6.03. The van der Waals surface area contributed by atoms with E-state index in [0.29, 0.717) is 5.41 Å². The summed E-state index contributed by atoms with van der Waals surface area (Å²) in [6, 6.07) is 0.759. The molecule has 0 heterocycles. The summed E-state index contributed by atoms with van der Waals surface area (Å²) >= 11 is 0. The minimum absolute atomic E-state index is 0.711. The maximum absolute atomic E-state index is 3.81. The average Bonchev–Trinajstić information content (AvgIpc) is 3.08. The van der Waals surface area contributed by atoms with Crippen molar-refractivity contribution in [3.63, 3.8) is 0 Å². The van der Waals surface area contributed by atoms with Crippen molar-refractivity contribution < 1.29 is 0 Å². The molecule has 1 atom stereocenters. The molecular weight excluding hydrogens is 182 g/mol. The molecule has 2 aliphatic rings. The SMILES string of the molecule is CCC1(CNC(C)C2CCCCC2)CC1. The molecule has 0 amide bonds. The van der Waals surface area contributed by atoms with Crippen LogP contribution in [0.15, 0.2) is 0 Å². The second-order valence-corrected chi connectivity index (χ2v) is 5.92. The molecule has 0 saturated heterocycles. The molecule has 0 aromatic carbocycles. The summed E-state index contributed by atoms with van der Waals surface area (Å²) in [5.41, 5.74) is 0.711. The quantitative estimate of drug-likeness (QED) is 0.727. The van der Waals surface area contributed by atoms with Gasteiger partial charge in [-0.15, -0.1) is 0 Å². The molecule has 1 unspecified atom stereocenters. The first-order valence-electron chi connectivity index (χ1n) is 6.99. The van der Waals surface area contributed by atoms with Gasteiger partial charge in [0.1, 0.15) is 0 Å². The Bertz CT molecular complexity index is 190. The molecule has 88 valence electrons. The normalized spacial score (nSPS) is 27.6. The fourth-order valence-corrected chi connectivity index (χ4v) is 3.01. The molecule has 2 saturated carbocycles. The van der Waals surface area contributed by atoms with Crippen molar-refractivity contribution in [2.45, 2.75) is 71.3 Å². The Morgan fingerprint density at radius 2 is 1.87 bits per heavy atom. The van der Waals surface area contributed by atoms with Crippen molar-refractivity contribution in [2.24, 2.45) is 11.3 Å². The summed E-state index contributed by atoms with van der Waals surface area (Å²) in [5, 5.41) is 3.81. The highest BCUT2D eigenvalue weighted by Crippen LogP contribution is 2.48. The highest BCUT2D eigenvalue weighted by molar-refractivity contribution is 4.94. The van der Waals surface area contributed by atoms with Crippen molar-refractivity contribution in [1.29, 1.82) is 0 Å². The minimum atomic E-state index is 0.711. The third-order valence-corrected chi connectivity index (χ3v) is 4.86.